The summed E-state index contributed by atoms with van der Waals surface area (Å²) in [6.07, 6.45) is 1.31. The zero-order valence-electron chi connectivity index (χ0n) is 13.9. The Bertz CT molecular complexity index is 1120. The van der Waals surface area contributed by atoms with Crippen molar-refractivity contribution in [2.45, 2.75) is 11.5 Å². The van der Waals surface area contributed by atoms with Crippen LogP contribution in [-0.2, 0) is 16.6 Å². The first-order chi connectivity index (χ1) is 13.3. The van der Waals surface area contributed by atoms with Crippen LogP contribution in [0.25, 0.3) is 0 Å². The van der Waals surface area contributed by atoms with E-state index in [2.05, 4.69) is 30.6 Å². The van der Waals surface area contributed by atoms with E-state index in [-0.39, 0.29) is 39.1 Å². The summed E-state index contributed by atoms with van der Waals surface area (Å²) in [6.45, 7) is 0.0259. The van der Waals surface area contributed by atoms with Crippen molar-refractivity contribution < 1.29 is 17.5 Å². The zero-order valence-corrected chi connectivity index (χ0v) is 17.8. The molecule has 0 unspecified atom stereocenters. The van der Waals surface area contributed by atoms with Gasteiger partial charge in [0.05, 0.1) is 16.2 Å². The monoisotopic (exact) mass is 505 g/mol. The average Bonchev–Trinajstić information content (AvgIpc) is 2.65. The van der Waals surface area contributed by atoms with Crippen LogP contribution in [0.3, 0.4) is 0 Å². The van der Waals surface area contributed by atoms with Gasteiger partial charge < -0.3 is 4.74 Å². The second-order valence-corrected chi connectivity index (χ2v) is 8.67. The standard InChI is InChI=1S/C17H11BrCl2FN3O3S/c18-14-8-22-16(17(23-14)27-9-10-4-6-11(21)7-5-10)24-28(25,26)13-3-1-2-12(19)15(13)20/h1-8H,9H2,(H,22,24). The van der Waals surface area contributed by atoms with Crippen molar-refractivity contribution in [3.05, 3.63) is 74.7 Å². The molecule has 0 atom stereocenters. The Labute approximate surface area is 178 Å². The van der Waals surface area contributed by atoms with Crippen LogP contribution in [0.15, 0.2) is 58.2 Å². The maximum Gasteiger partial charge on any atom is 0.264 e. The summed E-state index contributed by atoms with van der Waals surface area (Å²) in [5.41, 5.74) is 0.662. The van der Waals surface area contributed by atoms with Gasteiger partial charge in [-0.3, -0.25) is 4.72 Å². The molecule has 11 heteroatoms. The lowest BCUT2D eigenvalue weighted by Crippen LogP contribution is -2.16. The topological polar surface area (TPSA) is 81.2 Å². The van der Waals surface area contributed by atoms with Crippen molar-refractivity contribution in [3.8, 4) is 5.88 Å². The van der Waals surface area contributed by atoms with E-state index in [0.717, 1.165) is 0 Å². The molecule has 3 aromatic rings. The van der Waals surface area contributed by atoms with Crippen molar-refractivity contribution in [2.24, 2.45) is 0 Å². The van der Waals surface area contributed by atoms with E-state index >= 15 is 0 Å². The number of anilines is 1. The number of ether oxygens (including phenoxy) is 1. The van der Waals surface area contributed by atoms with Gasteiger partial charge in [0.1, 0.15) is 21.9 Å². The number of sulfonamides is 1. The van der Waals surface area contributed by atoms with E-state index in [0.29, 0.717) is 10.2 Å². The summed E-state index contributed by atoms with van der Waals surface area (Å²) in [7, 11) is -4.10. The number of nitrogens with one attached hydrogen (secondary N) is 1. The average molecular weight is 507 g/mol. The number of rotatable bonds is 6. The van der Waals surface area contributed by atoms with Crippen LogP contribution in [0, 0.1) is 5.82 Å². The van der Waals surface area contributed by atoms with Crippen LogP contribution in [0.5, 0.6) is 5.88 Å². The fourth-order valence-corrected chi connectivity index (χ4v) is 4.16. The van der Waals surface area contributed by atoms with Crippen LogP contribution in [0.1, 0.15) is 5.56 Å². The van der Waals surface area contributed by atoms with Crippen LogP contribution in [0.2, 0.25) is 10.0 Å². The van der Waals surface area contributed by atoms with E-state index in [4.69, 9.17) is 27.9 Å². The largest absolute Gasteiger partial charge is 0.470 e. The Hall–Kier alpha value is -1.94. The van der Waals surface area contributed by atoms with Gasteiger partial charge in [0, 0.05) is 0 Å². The number of benzene rings is 2. The van der Waals surface area contributed by atoms with Crippen molar-refractivity contribution in [1.82, 2.24) is 9.97 Å². The van der Waals surface area contributed by atoms with E-state index in [1.165, 1.54) is 48.7 Å². The molecule has 0 bridgehead atoms. The van der Waals surface area contributed by atoms with Gasteiger partial charge in [-0.15, -0.1) is 0 Å². The lowest BCUT2D eigenvalue weighted by Gasteiger charge is -2.13. The van der Waals surface area contributed by atoms with Gasteiger partial charge in [-0.1, -0.05) is 41.4 Å². The fourth-order valence-electron chi connectivity index (χ4n) is 2.13. The molecule has 146 valence electrons. The van der Waals surface area contributed by atoms with Crippen LogP contribution in [0.4, 0.5) is 10.2 Å². The van der Waals surface area contributed by atoms with Crippen LogP contribution in [-0.4, -0.2) is 18.4 Å². The maximum absolute atomic E-state index is 13.0. The van der Waals surface area contributed by atoms with Crippen LogP contribution >= 0.6 is 39.1 Å². The molecule has 6 nitrogen and oxygen atoms in total. The van der Waals surface area contributed by atoms with Crippen molar-refractivity contribution in [3.63, 3.8) is 0 Å². The maximum atomic E-state index is 13.0. The minimum Gasteiger partial charge on any atom is -0.470 e. The second-order valence-electron chi connectivity index (χ2n) is 5.42. The number of nitrogens with zero attached hydrogens (tertiary/aromatic N) is 2. The normalized spacial score (nSPS) is 11.3. The quantitative estimate of drug-likeness (QED) is 0.505. The second kappa shape index (κ2) is 8.60. The highest BCUT2D eigenvalue weighted by Crippen LogP contribution is 2.31. The minimum atomic E-state index is -4.10. The first-order valence-corrected chi connectivity index (χ1v) is 10.7. The van der Waals surface area contributed by atoms with Crippen molar-refractivity contribution in [2.75, 3.05) is 4.72 Å². The molecule has 0 saturated heterocycles. The van der Waals surface area contributed by atoms with Gasteiger partial charge in [-0.2, -0.15) is 0 Å². The number of halogens is 4. The summed E-state index contributed by atoms with van der Waals surface area (Å²) in [5.74, 6) is -0.584. The van der Waals surface area contributed by atoms with Gasteiger partial charge in [-0.25, -0.2) is 22.8 Å². The Morgan fingerprint density at radius 3 is 2.57 bits per heavy atom. The molecule has 1 heterocycles. The molecule has 1 aromatic heterocycles. The molecule has 0 saturated carbocycles. The van der Waals surface area contributed by atoms with Crippen LogP contribution < -0.4 is 9.46 Å². The highest BCUT2D eigenvalue weighted by atomic mass is 79.9. The zero-order chi connectivity index (χ0) is 20.3. The summed E-state index contributed by atoms with van der Waals surface area (Å²) < 4.78 is 46.6. The SMILES string of the molecule is O=S(=O)(Nc1ncc(Br)nc1OCc1ccc(F)cc1)c1cccc(Cl)c1Cl. The molecule has 3 rings (SSSR count). The summed E-state index contributed by atoms with van der Waals surface area (Å²) in [4.78, 5) is 7.89. The molecule has 0 spiro atoms. The van der Waals surface area contributed by atoms with E-state index in [9.17, 15) is 12.8 Å². The van der Waals surface area contributed by atoms with Gasteiger partial charge in [0.2, 0.25) is 5.82 Å². The van der Waals surface area contributed by atoms with E-state index in [1.807, 2.05) is 0 Å². The minimum absolute atomic E-state index is 0.0259. The highest BCUT2D eigenvalue weighted by Gasteiger charge is 2.22. The molecule has 0 amide bonds. The lowest BCUT2D eigenvalue weighted by atomic mass is 10.2. The number of hydrogen-bond donors (Lipinski definition) is 1. The molecular formula is C17H11BrCl2FN3O3S. The molecule has 0 radical (unpaired) electrons. The molecule has 28 heavy (non-hydrogen) atoms. The van der Waals surface area contributed by atoms with Crippen molar-refractivity contribution >= 4 is 55.0 Å². The molecule has 0 aliphatic heterocycles. The molecular weight excluding hydrogens is 496 g/mol. The Morgan fingerprint density at radius 1 is 1.14 bits per heavy atom. The molecule has 2 aromatic carbocycles. The fraction of sp³-hybridized carbons (Fsp3) is 0.0588. The van der Waals surface area contributed by atoms with Gasteiger partial charge >= 0.3 is 0 Å². The third-order valence-corrected chi connectivity index (χ3v) is 6.13. The van der Waals surface area contributed by atoms with Crippen molar-refractivity contribution in [1.29, 1.82) is 0 Å². The summed E-state index contributed by atoms with van der Waals surface area (Å²) >= 11 is 15.1. The predicted molar refractivity (Wildman–Crippen MR) is 108 cm³/mol. The molecule has 0 fully saturated rings. The van der Waals surface area contributed by atoms with E-state index in [1.54, 1.807) is 0 Å². The Kier molecular flexibility index (Phi) is 6.39. The summed E-state index contributed by atoms with van der Waals surface area (Å²) in [6, 6.07) is 9.89. The third kappa shape index (κ3) is 4.91. The van der Waals surface area contributed by atoms with Gasteiger partial charge in [0.15, 0.2) is 0 Å². The van der Waals surface area contributed by atoms with Gasteiger partial charge in [-0.05, 0) is 45.8 Å². The first-order valence-electron chi connectivity index (χ1n) is 7.63. The molecule has 1 N–H and O–H groups in total. The van der Waals surface area contributed by atoms with Gasteiger partial charge in [0.25, 0.3) is 15.9 Å². The van der Waals surface area contributed by atoms with E-state index < -0.39 is 10.0 Å². The lowest BCUT2D eigenvalue weighted by molar-refractivity contribution is 0.294. The Balaban J connectivity index is 1.87. The third-order valence-electron chi connectivity index (χ3n) is 3.44. The molecule has 0 aliphatic carbocycles. The highest BCUT2D eigenvalue weighted by molar-refractivity contribution is 9.10. The smallest absolute Gasteiger partial charge is 0.264 e. The Morgan fingerprint density at radius 2 is 1.86 bits per heavy atom. The first kappa shape index (κ1) is 20.8. The predicted octanol–water partition coefficient (Wildman–Crippen LogP) is 5.06. The number of hydrogen-bond acceptors (Lipinski definition) is 5. The molecule has 0 aliphatic rings. The number of aromatic nitrogens is 2. The summed E-state index contributed by atoms with van der Waals surface area (Å²) in [5, 5.41) is -0.0188.